The first-order chi connectivity index (χ1) is 14.1. The van der Waals surface area contributed by atoms with Gasteiger partial charge >= 0.3 is 0 Å². The first-order valence-corrected chi connectivity index (χ1v) is 9.62. The van der Waals surface area contributed by atoms with Crippen molar-refractivity contribution >= 4 is 22.7 Å². The molecule has 8 heteroatoms. The molecule has 0 saturated carbocycles. The van der Waals surface area contributed by atoms with Crippen LogP contribution in [-0.4, -0.2) is 41.7 Å². The number of aryl methyl sites for hydroxylation is 1. The number of nitrogens with one attached hydrogen (secondary N) is 1. The Labute approximate surface area is 168 Å². The van der Waals surface area contributed by atoms with Crippen molar-refractivity contribution in [2.24, 2.45) is 0 Å². The minimum absolute atomic E-state index is 0.150. The Kier molecular flexibility index (Phi) is 5.44. The highest BCUT2D eigenvalue weighted by atomic mass is 16.3. The molecule has 0 spiro atoms. The molecule has 0 radical (unpaired) electrons. The maximum absolute atomic E-state index is 8.97. The fourth-order valence-corrected chi connectivity index (χ4v) is 2.99. The number of nitrogens with zero attached hydrogens (tertiary/aromatic N) is 6. The van der Waals surface area contributed by atoms with Crippen LogP contribution in [0.25, 0.3) is 22.2 Å². The molecule has 29 heavy (non-hydrogen) atoms. The summed E-state index contributed by atoms with van der Waals surface area (Å²) in [5.74, 6) is 1.73. The van der Waals surface area contributed by atoms with Crippen LogP contribution in [-0.2, 0) is 6.54 Å². The van der Waals surface area contributed by atoms with Gasteiger partial charge in [-0.2, -0.15) is 10.2 Å². The van der Waals surface area contributed by atoms with E-state index in [4.69, 9.17) is 5.11 Å². The van der Waals surface area contributed by atoms with E-state index in [1.165, 1.54) is 0 Å². The van der Waals surface area contributed by atoms with Gasteiger partial charge < -0.3 is 10.4 Å². The topological polar surface area (TPSA) is 102 Å². The van der Waals surface area contributed by atoms with Gasteiger partial charge in [0.15, 0.2) is 5.82 Å². The van der Waals surface area contributed by atoms with Crippen molar-refractivity contribution in [1.29, 1.82) is 0 Å². The van der Waals surface area contributed by atoms with E-state index < -0.39 is 0 Å². The third kappa shape index (κ3) is 4.38. The molecule has 4 heterocycles. The van der Waals surface area contributed by atoms with E-state index in [0.29, 0.717) is 30.5 Å². The van der Waals surface area contributed by atoms with Crippen LogP contribution >= 0.6 is 0 Å². The Balaban J connectivity index is 1.60. The fourth-order valence-electron chi connectivity index (χ4n) is 2.99. The lowest BCUT2D eigenvalue weighted by molar-refractivity contribution is 0.277. The second-order valence-corrected chi connectivity index (χ2v) is 7.18. The first kappa shape index (κ1) is 18.9. The largest absolute Gasteiger partial charge is 0.396 e. The molecule has 0 aromatic carbocycles. The number of anilines is 2. The minimum atomic E-state index is 0.150. The van der Waals surface area contributed by atoms with Crippen molar-refractivity contribution in [2.75, 3.05) is 11.9 Å². The first-order valence-electron chi connectivity index (χ1n) is 9.62. The van der Waals surface area contributed by atoms with E-state index in [-0.39, 0.29) is 6.61 Å². The van der Waals surface area contributed by atoms with Crippen LogP contribution in [0.5, 0.6) is 0 Å². The zero-order valence-electron chi connectivity index (χ0n) is 16.4. The van der Waals surface area contributed by atoms with Crippen molar-refractivity contribution in [3.05, 3.63) is 54.6 Å². The van der Waals surface area contributed by atoms with E-state index in [1.54, 1.807) is 12.4 Å². The maximum Gasteiger partial charge on any atom is 0.154 e. The number of hydrogen-bond donors (Lipinski definition) is 2. The van der Waals surface area contributed by atoms with Crippen molar-refractivity contribution in [1.82, 2.24) is 29.9 Å². The highest BCUT2D eigenvalue weighted by Gasteiger charge is 2.08. The van der Waals surface area contributed by atoms with Crippen molar-refractivity contribution in [3.63, 3.8) is 0 Å². The lowest BCUT2D eigenvalue weighted by Gasteiger charge is -2.09. The third-order valence-corrected chi connectivity index (χ3v) is 4.65. The Bertz CT molecular complexity index is 1120. The summed E-state index contributed by atoms with van der Waals surface area (Å²) in [5.41, 5.74) is 4.62. The van der Waals surface area contributed by atoms with Gasteiger partial charge in [0.25, 0.3) is 0 Å². The number of fused-ring (bicyclic) bond motifs is 1. The number of pyridine rings is 2. The lowest BCUT2D eigenvalue weighted by Crippen LogP contribution is -2.00. The third-order valence-electron chi connectivity index (χ3n) is 4.65. The Morgan fingerprint density at radius 1 is 1.03 bits per heavy atom. The molecule has 0 fully saturated rings. The minimum Gasteiger partial charge on any atom is -0.396 e. The molecule has 4 aromatic heterocycles. The summed E-state index contributed by atoms with van der Waals surface area (Å²) >= 11 is 0. The van der Waals surface area contributed by atoms with Crippen LogP contribution in [0.15, 0.2) is 49.1 Å². The van der Waals surface area contributed by atoms with Crippen molar-refractivity contribution in [2.45, 2.75) is 32.7 Å². The van der Waals surface area contributed by atoms with Crippen LogP contribution < -0.4 is 5.32 Å². The molecule has 0 aliphatic carbocycles. The molecule has 4 aromatic rings. The van der Waals surface area contributed by atoms with Crippen LogP contribution in [0.1, 0.15) is 31.7 Å². The molecule has 0 unspecified atom stereocenters. The summed E-state index contributed by atoms with van der Waals surface area (Å²) in [6.45, 7) is 5.07. The number of aliphatic hydroxyl groups is 1. The van der Waals surface area contributed by atoms with Crippen LogP contribution in [0.3, 0.4) is 0 Å². The molecule has 0 atom stereocenters. The van der Waals surface area contributed by atoms with Gasteiger partial charge in [0.1, 0.15) is 5.82 Å². The molecule has 0 bridgehead atoms. The van der Waals surface area contributed by atoms with Gasteiger partial charge in [0.2, 0.25) is 0 Å². The Hall–Kier alpha value is -3.39. The van der Waals surface area contributed by atoms with E-state index in [9.17, 15) is 0 Å². The van der Waals surface area contributed by atoms with Gasteiger partial charge in [-0.3, -0.25) is 9.67 Å². The zero-order chi connectivity index (χ0) is 20.2. The maximum atomic E-state index is 8.97. The SMILES string of the molecule is CC(C)c1cnnc(Nc2ccc3ncc(-c4cnn(CCCO)c4)cc3n2)c1. The average Bonchev–Trinajstić information content (AvgIpc) is 3.21. The normalized spacial score (nSPS) is 11.3. The average molecular weight is 389 g/mol. The Morgan fingerprint density at radius 3 is 2.76 bits per heavy atom. The summed E-state index contributed by atoms with van der Waals surface area (Å²) in [6.07, 6.45) is 8.03. The van der Waals surface area contributed by atoms with E-state index in [0.717, 1.165) is 27.7 Å². The zero-order valence-corrected chi connectivity index (χ0v) is 16.4. The van der Waals surface area contributed by atoms with Gasteiger partial charge in [-0.05, 0) is 42.2 Å². The highest BCUT2D eigenvalue weighted by molar-refractivity contribution is 5.81. The molecule has 0 aliphatic heterocycles. The van der Waals surface area contributed by atoms with Crippen molar-refractivity contribution < 1.29 is 5.11 Å². The Morgan fingerprint density at radius 2 is 1.93 bits per heavy atom. The number of rotatable bonds is 7. The fraction of sp³-hybridized carbons (Fsp3) is 0.286. The molecule has 148 valence electrons. The summed E-state index contributed by atoms with van der Waals surface area (Å²) in [4.78, 5) is 9.21. The summed E-state index contributed by atoms with van der Waals surface area (Å²) < 4.78 is 1.82. The summed E-state index contributed by atoms with van der Waals surface area (Å²) in [7, 11) is 0. The molecule has 0 amide bonds. The highest BCUT2D eigenvalue weighted by Crippen LogP contribution is 2.24. The summed E-state index contributed by atoms with van der Waals surface area (Å²) in [5, 5.41) is 24.7. The van der Waals surface area contributed by atoms with E-state index >= 15 is 0 Å². The second kappa shape index (κ2) is 8.32. The predicted octanol–water partition coefficient (Wildman–Crippen LogP) is 3.53. The van der Waals surface area contributed by atoms with Gasteiger partial charge in [-0.15, -0.1) is 5.10 Å². The number of aliphatic hydroxyl groups excluding tert-OH is 1. The van der Waals surface area contributed by atoms with Crippen LogP contribution in [0, 0.1) is 0 Å². The molecular formula is C21H23N7O. The predicted molar refractivity (Wildman–Crippen MR) is 112 cm³/mol. The van der Waals surface area contributed by atoms with Crippen molar-refractivity contribution in [3.8, 4) is 11.1 Å². The number of hydrogen-bond acceptors (Lipinski definition) is 7. The van der Waals surface area contributed by atoms with E-state index in [2.05, 4.69) is 44.4 Å². The molecular weight excluding hydrogens is 366 g/mol. The van der Waals surface area contributed by atoms with Gasteiger partial charge in [-0.1, -0.05) is 13.8 Å². The quantitative estimate of drug-likeness (QED) is 0.498. The van der Waals surface area contributed by atoms with Gasteiger partial charge in [0.05, 0.1) is 23.4 Å². The van der Waals surface area contributed by atoms with E-state index in [1.807, 2.05) is 41.3 Å². The standard InChI is InChI=1S/C21H23N7O/c1-14(2)15-9-21(27-23-11-15)26-20-5-4-18-19(25-20)8-16(10-22-18)17-12-24-28(13-17)6-3-7-29/h4-5,8-14,29H,3,6-7H2,1-2H3,(H,25,26,27). The van der Waals surface area contributed by atoms with Gasteiger partial charge in [-0.25, -0.2) is 4.98 Å². The second-order valence-electron chi connectivity index (χ2n) is 7.18. The summed E-state index contributed by atoms with van der Waals surface area (Å²) in [6, 6.07) is 7.79. The van der Waals surface area contributed by atoms with Crippen LogP contribution in [0.2, 0.25) is 0 Å². The lowest BCUT2D eigenvalue weighted by atomic mass is 10.1. The van der Waals surface area contributed by atoms with Crippen LogP contribution in [0.4, 0.5) is 11.6 Å². The van der Waals surface area contributed by atoms with Gasteiger partial charge in [0, 0.05) is 36.7 Å². The molecule has 4 rings (SSSR count). The molecule has 0 aliphatic rings. The molecule has 8 nitrogen and oxygen atoms in total. The monoisotopic (exact) mass is 389 g/mol. The smallest absolute Gasteiger partial charge is 0.154 e. The molecule has 2 N–H and O–H groups in total. The molecule has 0 saturated heterocycles. The number of aromatic nitrogens is 6.